The standard InChI is InChI=1S/C38H36Cl2F6N2O11/c1-5-25(33(49)55-7-3)58-31-29(39)27(17-19-35(31,47(51)52)21-13-9-11-15-23(21)37(41,42)43)57-28-18-20-36(48(53)54,22-14-10-12-16-24(22)38(44,45)46)32(30(28)40)59-26(6-2)34(50)56-8-4/h9-20,25-26,31-32H,5-8H2,1-4H3. The van der Waals surface area contributed by atoms with Gasteiger partial charge in [-0.1, -0.05) is 73.4 Å². The monoisotopic (exact) mass is 880 g/mol. The summed E-state index contributed by atoms with van der Waals surface area (Å²) in [6.45, 7) is 5.39. The Morgan fingerprint density at radius 3 is 1.31 bits per heavy atom. The van der Waals surface area contributed by atoms with Gasteiger partial charge >= 0.3 is 24.3 Å². The minimum atomic E-state index is -5.15. The average molecular weight is 882 g/mol. The van der Waals surface area contributed by atoms with Crippen LogP contribution in [0.2, 0.25) is 0 Å². The van der Waals surface area contributed by atoms with E-state index in [4.69, 9.17) is 46.9 Å². The molecule has 0 bridgehead atoms. The van der Waals surface area contributed by atoms with Gasteiger partial charge in [0.2, 0.25) is 0 Å². The first-order chi connectivity index (χ1) is 27.7. The van der Waals surface area contributed by atoms with Crippen LogP contribution in [0.15, 0.2) is 94.4 Å². The molecule has 6 atom stereocenters. The summed E-state index contributed by atoms with van der Waals surface area (Å²) in [6, 6.07) is 7.01. The molecule has 13 nitrogen and oxygen atoms in total. The lowest BCUT2D eigenvalue weighted by molar-refractivity contribution is -0.577. The third kappa shape index (κ3) is 9.12. The van der Waals surface area contributed by atoms with Crippen molar-refractivity contribution in [2.24, 2.45) is 0 Å². The third-order valence-electron chi connectivity index (χ3n) is 9.30. The van der Waals surface area contributed by atoms with Crippen LogP contribution in [0.1, 0.15) is 62.8 Å². The fourth-order valence-corrected chi connectivity index (χ4v) is 7.20. The number of hydrogen-bond donors (Lipinski definition) is 0. The minimum Gasteiger partial charge on any atom is -0.464 e. The molecule has 6 unspecified atom stereocenters. The summed E-state index contributed by atoms with van der Waals surface area (Å²) >= 11 is 13.5. The van der Waals surface area contributed by atoms with Crippen LogP contribution in [-0.2, 0) is 56.7 Å². The lowest BCUT2D eigenvalue weighted by Gasteiger charge is -2.38. The molecule has 21 heteroatoms. The molecule has 0 fully saturated rings. The van der Waals surface area contributed by atoms with Gasteiger partial charge in [0, 0.05) is 33.1 Å². The molecule has 0 aromatic heterocycles. The van der Waals surface area contributed by atoms with Gasteiger partial charge in [-0.15, -0.1) is 0 Å². The van der Waals surface area contributed by atoms with Crippen molar-refractivity contribution in [2.45, 2.75) is 88.4 Å². The first kappa shape index (κ1) is 46.7. The van der Waals surface area contributed by atoms with E-state index in [9.17, 15) is 56.2 Å². The zero-order chi connectivity index (χ0) is 44.1. The van der Waals surface area contributed by atoms with Crippen molar-refractivity contribution < 1.29 is 69.5 Å². The van der Waals surface area contributed by atoms with Crippen LogP contribution < -0.4 is 0 Å². The first-order valence-corrected chi connectivity index (χ1v) is 18.5. The molecule has 0 N–H and O–H groups in total. The molecule has 2 aromatic carbocycles. The van der Waals surface area contributed by atoms with E-state index in [1.54, 1.807) is 0 Å². The zero-order valence-electron chi connectivity index (χ0n) is 31.5. The summed E-state index contributed by atoms with van der Waals surface area (Å²) in [4.78, 5) is 49.8. The van der Waals surface area contributed by atoms with Crippen molar-refractivity contribution >= 4 is 35.1 Å². The number of hydrogen-bond acceptors (Lipinski definition) is 11. The summed E-state index contributed by atoms with van der Waals surface area (Å²) in [5.41, 5.74) is -10.8. The molecule has 59 heavy (non-hydrogen) atoms. The van der Waals surface area contributed by atoms with Crippen LogP contribution in [0.25, 0.3) is 0 Å². The molecular weight excluding hydrogens is 845 g/mol. The number of nitrogens with zero attached hydrogens (tertiary/aromatic N) is 2. The summed E-state index contributed by atoms with van der Waals surface area (Å²) in [7, 11) is 0. The number of carbonyl (C=O) groups is 2. The first-order valence-electron chi connectivity index (χ1n) is 17.8. The number of halogens is 8. The van der Waals surface area contributed by atoms with Crippen LogP contribution in [0.4, 0.5) is 26.3 Å². The molecule has 2 aromatic rings. The van der Waals surface area contributed by atoms with Crippen molar-refractivity contribution in [3.05, 3.63) is 137 Å². The Bertz CT molecular complexity index is 1930. The summed E-state index contributed by atoms with van der Waals surface area (Å²) in [6.07, 6.45) is -15.6. The highest BCUT2D eigenvalue weighted by Crippen LogP contribution is 2.50. The van der Waals surface area contributed by atoms with Gasteiger partial charge in [-0.25, -0.2) is 9.59 Å². The number of esters is 2. The second-order valence-electron chi connectivity index (χ2n) is 12.8. The predicted molar refractivity (Wildman–Crippen MR) is 197 cm³/mol. The van der Waals surface area contributed by atoms with Gasteiger partial charge in [0.1, 0.15) is 11.5 Å². The number of nitro groups is 2. The van der Waals surface area contributed by atoms with Gasteiger partial charge in [-0.05, 0) is 51.0 Å². The van der Waals surface area contributed by atoms with Crippen molar-refractivity contribution in [3.8, 4) is 0 Å². The molecule has 0 radical (unpaired) electrons. The van der Waals surface area contributed by atoms with E-state index in [0.717, 1.165) is 48.6 Å². The number of benzene rings is 2. The van der Waals surface area contributed by atoms with Gasteiger partial charge < -0.3 is 23.7 Å². The van der Waals surface area contributed by atoms with E-state index < -0.39 is 113 Å². The molecule has 2 aliphatic carbocycles. The van der Waals surface area contributed by atoms with Crippen molar-refractivity contribution in [3.63, 3.8) is 0 Å². The van der Waals surface area contributed by atoms with Crippen molar-refractivity contribution in [1.29, 1.82) is 0 Å². The van der Waals surface area contributed by atoms with Crippen LogP contribution in [0.5, 0.6) is 0 Å². The maximum absolute atomic E-state index is 14.4. The Morgan fingerprint density at radius 1 is 0.678 bits per heavy atom. The molecule has 0 heterocycles. The molecule has 0 saturated heterocycles. The predicted octanol–water partition coefficient (Wildman–Crippen LogP) is 8.88. The molecule has 4 rings (SSSR count). The molecule has 0 aliphatic heterocycles. The normalized spacial score (nSPS) is 23.1. The number of carbonyl (C=O) groups excluding carboxylic acids is 2. The Kier molecular flexibility index (Phi) is 14.7. The second-order valence-corrected chi connectivity index (χ2v) is 13.6. The van der Waals surface area contributed by atoms with E-state index in [1.165, 1.54) is 27.7 Å². The largest absolute Gasteiger partial charge is 0.464 e. The van der Waals surface area contributed by atoms with Crippen molar-refractivity contribution in [2.75, 3.05) is 13.2 Å². The quantitative estimate of drug-likeness (QED) is 0.0684. The van der Waals surface area contributed by atoms with Crippen LogP contribution in [0.3, 0.4) is 0 Å². The van der Waals surface area contributed by atoms with E-state index in [0.29, 0.717) is 24.3 Å². The molecule has 0 spiro atoms. The Labute approximate surface area is 342 Å². The second kappa shape index (κ2) is 18.5. The minimum absolute atomic E-state index is 0.172. The van der Waals surface area contributed by atoms with Crippen LogP contribution >= 0.6 is 23.2 Å². The lowest BCUT2D eigenvalue weighted by Crippen LogP contribution is -2.52. The average Bonchev–Trinajstić information content (AvgIpc) is 3.17. The lowest BCUT2D eigenvalue weighted by atomic mass is 9.78. The molecule has 320 valence electrons. The van der Waals surface area contributed by atoms with Gasteiger partial charge in [0.05, 0.1) is 34.4 Å². The smallest absolute Gasteiger partial charge is 0.416 e. The van der Waals surface area contributed by atoms with Crippen LogP contribution in [0, 0.1) is 20.2 Å². The Morgan fingerprint density at radius 2 is 1.02 bits per heavy atom. The zero-order valence-corrected chi connectivity index (χ0v) is 33.0. The topological polar surface area (TPSA) is 167 Å². The van der Waals surface area contributed by atoms with E-state index in [2.05, 4.69) is 0 Å². The summed E-state index contributed by atoms with van der Waals surface area (Å²) in [5, 5.41) is 24.6. The maximum Gasteiger partial charge on any atom is 0.416 e. The SMILES string of the molecule is CCOC(=O)C(CC)OC1C(Cl)=C(OC2=C(Cl)C(OC(CC)C(=O)OCC)C(c3ccccc3C(F)(F)F)([N+](=O)[O-])C=C2)C=CC1(c1ccccc1C(F)(F)F)[N+](=O)[O-]. The molecule has 0 saturated carbocycles. The molecular formula is C38H36Cl2F6N2O11. The van der Waals surface area contributed by atoms with Crippen LogP contribution in [-0.4, -0.2) is 59.4 Å². The molecule has 2 aliphatic rings. The number of alkyl halides is 6. The van der Waals surface area contributed by atoms with Gasteiger partial charge in [0.25, 0.3) is 11.1 Å². The number of allylic oxidation sites excluding steroid dienone is 2. The third-order valence-corrected chi connectivity index (χ3v) is 10.1. The highest BCUT2D eigenvalue weighted by atomic mass is 35.5. The fraction of sp³-hybridized carbons (Fsp3) is 0.421. The van der Waals surface area contributed by atoms with Crippen molar-refractivity contribution in [1.82, 2.24) is 0 Å². The Hall–Kier alpha value is -4.98. The summed E-state index contributed by atoms with van der Waals surface area (Å²) in [5.74, 6) is -3.31. The van der Waals surface area contributed by atoms with E-state index in [1.807, 2.05) is 0 Å². The van der Waals surface area contributed by atoms with Gasteiger partial charge in [0.15, 0.2) is 24.4 Å². The van der Waals surface area contributed by atoms with E-state index >= 15 is 0 Å². The number of ether oxygens (including phenoxy) is 5. The fourth-order valence-electron chi connectivity index (χ4n) is 6.56. The Balaban J connectivity index is 1.99. The summed E-state index contributed by atoms with van der Waals surface area (Å²) < 4.78 is 114. The van der Waals surface area contributed by atoms with E-state index in [-0.39, 0.29) is 26.1 Å². The number of rotatable bonds is 16. The van der Waals surface area contributed by atoms with Gasteiger partial charge in [-0.2, -0.15) is 26.3 Å². The highest BCUT2D eigenvalue weighted by molar-refractivity contribution is 6.31. The maximum atomic E-state index is 14.4. The van der Waals surface area contributed by atoms with Gasteiger partial charge in [-0.3, -0.25) is 20.2 Å². The highest BCUT2D eigenvalue weighted by Gasteiger charge is 2.61. The molecule has 0 amide bonds.